The first-order valence-electron chi connectivity index (χ1n) is 5.65. The number of halogens is 1. The Hall–Kier alpha value is -0.0113. The van der Waals surface area contributed by atoms with Crippen molar-refractivity contribution in [3.8, 4) is 0 Å². The van der Waals surface area contributed by atoms with Crippen molar-refractivity contribution >= 4 is 53.0 Å². The molecule has 0 aliphatic carbocycles. The zero-order chi connectivity index (χ0) is 13.6. The van der Waals surface area contributed by atoms with Gasteiger partial charge in [0.1, 0.15) is 0 Å². The molecule has 0 amide bonds. The van der Waals surface area contributed by atoms with Gasteiger partial charge in [0.15, 0.2) is 0 Å². The number of amidine groups is 1. The van der Waals surface area contributed by atoms with E-state index in [0.29, 0.717) is 0 Å². The van der Waals surface area contributed by atoms with Gasteiger partial charge in [0.05, 0.1) is 0 Å². The van der Waals surface area contributed by atoms with Crippen molar-refractivity contribution in [2.75, 3.05) is 0 Å². The van der Waals surface area contributed by atoms with E-state index < -0.39 is 14.8 Å². The Balaban J connectivity index is 2.90. The van der Waals surface area contributed by atoms with Crippen LogP contribution in [-0.2, 0) is 0 Å². The third-order valence-corrected chi connectivity index (χ3v) is 11.6. The van der Waals surface area contributed by atoms with Crippen molar-refractivity contribution < 1.29 is 0 Å². The number of hydrogen-bond donors (Lipinski definition) is 1. The molecular formula is C12H18BrN3SSn. The van der Waals surface area contributed by atoms with Crippen LogP contribution in [-0.4, -0.2) is 25.7 Å². The quantitative estimate of drug-likeness (QED) is 0.329. The Morgan fingerprint density at radius 1 is 1.22 bits per heavy atom. The van der Waals surface area contributed by atoms with Crippen LogP contribution >= 0.6 is 21.7 Å². The molecule has 0 spiro atoms. The van der Waals surface area contributed by atoms with Crippen molar-refractivity contribution in [1.29, 1.82) is 0 Å². The molecule has 0 unspecified atom stereocenters. The number of aliphatic imine (C=N–C) groups is 1. The Bertz CT molecular complexity index is 436. The zero-order valence-electron chi connectivity index (χ0n) is 11.1. The molecule has 3 nitrogen and oxygen atoms in total. The van der Waals surface area contributed by atoms with E-state index in [2.05, 4.69) is 38.1 Å². The van der Waals surface area contributed by atoms with E-state index in [-0.39, 0.29) is 0 Å². The van der Waals surface area contributed by atoms with Crippen LogP contribution in [0.3, 0.4) is 0 Å². The Kier molecular flexibility index (Phi) is 6.73. The molecule has 0 radical (unpaired) electrons. The van der Waals surface area contributed by atoms with Gasteiger partial charge in [0.25, 0.3) is 0 Å². The van der Waals surface area contributed by atoms with E-state index in [0.717, 1.165) is 16.6 Å². The summed E-state index contributed by atoms with van der Waals surface area (Å²) in [7, 11) is 1.80. The van der Waals surface area contributed by atoms with Gasteiger partial charge in [0, 0.05) is 0 Å². The molecule has 0 fully saturated rings. The Morgan fingerprint density at radius 2 is 1.83 bits per heavy atom. The molecule has 1 rings (SSSR count). The summed E-state index contributed by atoms with van der Waals surface area (Å²) in [6.45, 7) is 3.92. The van der Waals surface area contributed by atoms with Crippen LogP contribution in [0.25, 0.3) is 0 Å². The molecule has 98 valence electrons. The number of hydrogen-bond acceptors (Lipinski definition) is 3. The van der Waals surface area contributed by atoms with Crippen LogP contribution in [0.15, 0.2) is 40.4 Å². The minimum atomic E-state index is -2.19. The topological polar surface area (TPSA) is 36.8 Å². The molecule has 0 aliphatic heterocycles. The van der Waals surface area contributed by atoms with Crippen LogP contribution in [0, 0.1) is 0 Å². The van der Waals surface area contributed by atoms with E-state index in [1.54, 1.807) is 8.95 Å². The van der Waals surface area contributed by atoms with Crippen molar-refractivity contribution in [2.24, 2.45) is 10.1 Å². The van der Waals surface area contributed by atoms with E-state index in [1.165, 1.54) is 0 Å². The standard InChI is InChI=1S/C10H13N3S.2CH3.BrH.Sn/c1-8(2)12-13-10(14)11-9-6-4-3-5-7-9;;;;/h3-7H,1-2H3,(H2,11,13,14);2*1H3;1H;/q;;;;+2/p-2. The van der Waals surface area contributed by atoms with Gasteiger partial charge >= 0.3 is 123 Å². The number of rotatable bonds is 3. The number of benzene rings is 1. The molecule has 0 aromatic heterocycles. The average molecular weight is 435 g/mol. The average Bonchev–Trinajstić information content (AvgIpc) is 2.25. The summed E-state index contributed by atoms with van der Waals surface area (Å²) in [6.07, 6.45) is 0. The van der Waals surface area contributed by atoms with E-state index in [1.807, 2.05) is 44.2 Å². The zero-order valence-corrected chi connectivity index (χ0v) is 16.3. The number of nitrogens with zero attached hydrogens (tertiary/aromatic N) is 2. The van der Waals surface area contributed by atoms with Gasteiger partial charge in [-0.3, -0.25) is 0 Å². The second-order valence-electron chi connectivity index (χ2n) is 4.39. The summed E-state index contributed by atoms with van der Waals surface area (Å²) < 4.78 is 0. The minimum absolute atomic E-state index is 0.861. The molecule has 1 aromatic carbocycles. The maximum absolute atomic E-state index is 4.60. The van der Waals surface area contributed by atoms with Gasteiger partial charge in [0.2, 0.25) is 0 Å². The van der Waals surface area contributed by atoms with Crippen molar-refractivity contribution in [3.63, 3.8) is 0 Å². The summed E-state index contributed by atoms with van der Waals surface area (Å²) in [5.41, 5.74) is 4.98. The molecule has 18 heavy (non-hydrogen) atoms. The molecule has 1 aromatic rings. The fraction of sp³-hybridized carbons (Fsp3) is 0.333. The van der Waals surface area contributed by atoms with Crippen LogP contribution in [0.2, 0.25) is 9.88 Å². The summed E-state index contributed by atoms with van der Waals surface area (Å²) in [5.74, 6) is 0. The van der Waals surface area contributed by atoms with Gasteiger partial charge in [-0.25, -0.2) is 0 Å². The van der Waals surface area contributed by atoms with Gasteiger partial charge in [-0.1, -0.05) is 0 Å². The molecule has 0 saturated heterocycles. The molecule has 6 heteroatoms. The fourth-order valence-electron chi connectivity index (χ4n) is 1.08. The summed E-state index contributed by atoms with van der Waals surface area (Å²) in [5, 5.41) is 5.09. The normalized spacial score (nSPS) is 12.2. The molecule has 0 bridgehead atoms. The predicted octanol–water partition coefficient (Wildman–Crippen LogP) is 4.49. The first kappa shape index (κ1) is 16.0. The van der Waals surface area contributed by atoms with Crippen LogP contribution in [0.1, 0.15) is 13.8 Å². The van der Waals surface area contributed by atoms with Crippen LogP contribution in [0.5, 0.6) is 0 Å². The van der Waals surface area contributed by atoms with E-state index >= 15 is 0 Å². The number of para-hydroxylation sites is 1. The molecule has 0 saturated carbocycles. The van der Waals surface area contributed by atoms with Gasteiger partial charge < -0.3 is 0 Å². The van der Waals surface area contributed by atoms with E-state index in [4.69, 9.17) is 0 Å². The molecule has 0 aliphatic rings. The third-order valence-electron chi connectivity index (χ3n) is 1.70. The van der Waals surface area contributed by atoms with Gasteiger partial charge in [-0.15, -0.1) is 0 Å². The Labute approximate surface area is 122 Å². The van der Waals surface area contributed by atoms with Crippen molar-refractivity contribution in [3.05, 3.63) is 30.3 Å². The molecule has 1 N–H and O–H groups in total. The second-order valence-corrected chi connectivity index (χ2v) is 38.2. The third kappa shape index (κ3) is 7.43. The summed E-state index contributed by atoms with van der Waals surface area (Å²) in [6, 6.07) is 9.93. The number of hydrazone groups is 1. The van der Waals surface area contributed by atoms with E-state index in [9.17, 15) is 0 Å². The summed E-state index contributed by atoms with van der Waals surface area (Å²) in [4.78, 5) is 9.16. The molecular weight excluding hydrogens is 417 g/mol. The molecule has 0 atom stereocenters. The summed E-state index contributed by atoms with van der Waals surface area (Å²) >= 11 is 1.61. The first-order chi connectivity index (χ1) is 8.37. The van der Waals surface area contributed by atoms with Crippen molar-refractivity contribution in [1.82, 2.24) is 5.43 Å². The van der Waals surface area contributed by atoms with Crippen LogP contribution in [0.4, 0.5) is 5.69 Å². The first-order valence-corrected chi connectivity index (χ1v) is 22.1. The fourth-order valence-corrected chi connectivity index (χ4v) is 9.59. The number of nitrogens with one attached hydrogen (secondary N) is 1. The van der Waals surface area contributed by atoms with Crippen molar-refractivity contribution in [2.45, 2.75) is 23.7 Å². The SMILES string of the molecule is CC(C)=NNC(=Nc1ccccc1)[S][Sn]([CH3])([CH3])[Br]. The molecule has 0 heterocycles. The van der Waals surface area contributed by atoms with Crippen LogP contribution < -0.4 is 5.43 Å². The Morgan fingerprint density at radius 3 is 2.33 bits per heavy atom. The predicted molar refractivity (Wildman–Crippen MR) is 89.5 cm³/mol. The monoisotopic (exact) mass is 435 g/mol. The van der Waals surface area contributed by atoms with Gasteiger partial charge in [-0.2, -0.15) is 0 Å². The second kappa shape index (κ2) is 7.55. The van der Waals surface area contributed by atoms with Gasteiger partial charge in [-0.05, 0) is 0 Å². The maximum atomic E-state index is 4.60.